The molecule has 0 fully saturated rings. The van der Waals surface area contributed by atoms with Crippen molar-refractivity contribution in [2.45, 2.75) is 18.2 Å². The van der Waals surface area contributed by atoms with E-state index >= 15 is 0 Å². The highest BCUT2D eigenvalue weighted by Gasteiger charge is 2.10. The lowest BCUT2D eigenvalue weighted by Crippen LogP contribution is -1.96. The minimum atomic E-state index is 0.337. The van der Waals surface area contributed by atoms with Crippen LogP contribution in [0, 0.1) is 6.92 Å². The van der Waals surface area contributed by atoms with Crippen LogP contribution in [0.3, 0.4) is 0 Å². The summed E-state index contributed by atoms with van der Waals surface area (Å²) in [6.45, 7) is 2.10. The van der Waals surface area contributed by atoms with E-state index in [1.54, 1.807) is 0 Å². The molecular weight excluding hydrogens is 420 g/mol. The summed E-state index contributed by atoms with van der Waals surface area (Å²) in [5, 5.41) is 0. The van der Waals surface area contributed by atoms with E-state index in [0.29, 0.717) is 4.83 Å². The molecule has 0 spiro atoms. The second-order valence-corrected chi connectivity index (χ2v) is 7.19. The van der Waals surface area contributed by atoms with E-state index in [2.05, 4.69) is 97.2 Å². The molecule has 0 aliphatic carbocycles. The average molecular weight is 433 g/mol. The minimum Gasteiger partial charge on any atom is -0.0835 e. The third-order valence-electron chi connectivity index (χ3n) is 2.86. The molecule has 2 aromatic carbocycles. The maximum atomic E-state index is 3.77. The molecule has 0 nitrogen and oxygen atoms in total. The number of halogens is 3. The molecule has 2 aromatic rings. The summed E-state index contributed by atoms with van der Waals surface area (Å²) in [6.07, 6.45) is 0.981. The maximum absolute atomic E-state index is 3.77. The molecule has 0 saturated carbocycles. The first-order valence-electron chi connectivity index (χ1n) is 5.71. The van der Waals surface area contributed by atoms with Gasteiger partial charge in [-0.15, -0.1) is 0 Å². The highest BCUT2D eigenvalue weighted by atomic mass is 79.9. The summed E-state index contributed by atoms with van der Waals surface area (Å²) in [7, 11) is 0. The predicted octanol–water partition coefficient (Wildman–Crippen LogP) is 6.20. The van der Waals surface area contributed by atoms with Gasteiger partial charge in [-0.3, -0.25) is 0 Å². The van der Waals surface area contributed by atoms with E-state index in [1.165, 1.54) is 21.2 Å². The van der Waals surface area contributed by atoms with Crippen LogP contribution in [0.15, 0.2) is 51.4 Å². The van der Waals surface area contributed by atoms with Gasteiger partial charge in [0.2, 0.25) is 0 Å². The highest BCUT2D eigenvalue weighted by molar-refractivity contribution is 9.11. The number of rotatable bonds is 3. The van der Waals surface area contributed by atoms with Gasteiger partial charge in [-0.2, -0.15) is 0 Å². The lowest BCUT2D eigenvalue weighted by molar-refractivity contribution is 0.946. The molecule has 2 rings (SSSR count). The van der Waals surface area contributed by atoms with Crippen LogP contribution in [0.4, 0.5) is 0 Å². The molecule has 0 amide bonds. The van der Waals surface area contributed by atoms with Gasteiger partial charge in [-0.25, -0.2) is 0 Å². The first kappa shape index (κ1) is 14.3. The van der Waals surface area contributed by atoms with Gasteiger partial charge in [0.25, 0.3) is 0 Å². The molecule has 0 aliphatic rings. The summed E-state index contributed by atoms with van der Waals surface area (Å²) in [4.78, 5) is 0.337. The van der Waals surface area contributed by atoms with Crippen molar-refractivity contribution in [3.63, 3.8) is 0 Å². The molecule has 1 atom stereocenters. The van der Waals surface area contributed by atoms with Crippen molar-refractivity contribution < 1.29 is 0 Å². The lowest BCUT2D eigenvalue weighted by Gasteiger charge is -2.12. The Labute approximate surface area is 133 Å². The Morgan fingerprint density at radius 1 is 1.06 bits per heavy atom. The fourth-order valence-corrected chi connectivity index (χ4v) is 3.29. The van der Waals surface area contributed by atoms with E-state index in [9.17, 15) is 0 Å². The van der Waals surface area contributed by atoms with Gasteiger partial charge in [-0.05, 0) is 48.2 Å². The van der Waals surface area contributed by atoms with Crippen LogP contribution in [0.1, 0.15) is 21.5 Å². The SMILES string of the molecule is Cc1ccc(C(Br)Cc2cccc(Br)c2)cc1Br. The zero-order valence-corrected chi connectivity index (χ0v) is 14.7. The van der Waals surface area contributed by atoms with Crippen molar-refractivity contribution >= 4 is 47.8 Å². The van der Waals surface area contributed by atoms with E-state index in [4.69, 9.17) is 0 Å². The van der Waals surface area contributed by atoms with Crippen molar-refractivity contribution in [3.8, 4) is 0 Å². The molecule has 0 radical (unpaired) electrons. The van der Waals surface area contributed by atoms with E-state index < -0.39 is 0 Å². The van der Waals surface area contributed by atoms with Gasteiger partial charge in [0, 0.05) is 13.8 Å². The molecule has 0 aromatic heterocycles. The number of benzene rings is 2. The van der Waals surface area contributed by atoms with Crippen molar-refractivity contribution in [2.24, 2.45) is 0 Å². The summed E-state index contributed by atoms with van der Waals surface area (Å²) >= 11 is 10.9. The topological polar surface area (TPSA) is 0 Å². The molecule has 94 valence electrons. The Hall–Kier alpha value is -0.120. The number of alkyl halides is 1. The van der Waals surface area contributed by atoms with Crippen LogP contribution in [-0.4, -0.2) is 0 Å². The van der Waals surface area contributed by atoms with Crippen molar-refractivity contribution in [3.05, 3.63) is 68.1 Å². The van der Waals surface area contributed by atoms with Gasteiger partial charge in [0.05, 0.1) is 0 Å². The Morgan fingerprint density at radius 2 is 1.83 bits per heavy atom. The Balaban J connectivity index is 2.16. The van der Waals surface area contributed by atoms with Crippen molar-refractivity contribution in [2.75, 3.05) is 0 Å². The fraction of sp³-hybridized carbons (Fsp3) is 0.200. The molecule has 1 unspecified atom stereocenters. The Kier molecular flexibility index (Phi) is 5.05. The molecular formula is C15H13Br3. The molecule has 0 heterocycles. The van der Waals surface area contributed by atoms with E-state index in [0.717, 1.165) is 10.9 Å². The summed E-state index contributed by atoms with van der Waals surface area (Å²) in [6, 6.07) is 15.0. The smallest absolute Gasteiger partial charge is 0.0436 e. The molecule has 0 bridgehead atoms. The van der Waals surface area contributed by atoms with E-state index in [-0.39, 0.29) is 0 Å². The number of aryl methyl sites for hydroxylation is 1. The molecule has 0 aliphatic heterocycles. The number of hydrogen-bond donors (Lipinski definition) is 0. The monoisotopic (exact) mass is 430 g/mol. The van der Waals surface area contributed by atoms with Crippen LogP contribution in [0.5, 0.6) is 0 Å². The highest BCUT2D eigenvalue weighted by Crippen LogP contribution is 2.30. The van der Waals surface area contributed by atoms with Gasteiger partial charge >= 0.3 is 0 Å². The van der Waals surface area contributed by atoms with Crippen LogP contribution < -0.4 is 0 Å². The normalized spacial score (nSPS) is 12.4. The van der Waals surface area contributed by atoms with E-state index in [1.807, 2.05) is 0 Å². The van der Waals surface area contributed by atoms with Crippen LogP contribution in [0.25, 0.3) is 0 Å². The molecule has 18 heavy (non-hydrogen) atoms. The second kappa shape index (κ2) is 6.36. The molecule has 0 N–H and O–H groups in total. The second-order valence-electron chi connectivity index (χ2n) is 4.31. The maximum Gasteiger partial charge on any atom is 0.0436 e. The quantitative estimate of drug-likeness (QED) is 0.506. The van der Waals surface area contributed by atoms with Crippen LogP contribution >= 0.6 is 47.8 Å². The number of hydrogen-bond acceptors (Lipinski definition) is 0. The first-order valence-corrected chi connectivity index (χ1v) is 8.21. The van der Waals surface area contributed by atoms with Gasteiger partial charge < -0.3 is 0 Å². The summed E-state index contributed by atoms with van der Waals surface area (Å²) in [5.74, 6) is 0. The largest absolute Gasteiger partial charge is 0.0835 e. The third-order valence-corrected chi connectivity index (χ3v) is 5.06. The standard InChI is InChI=1S/C15H13Br3/c1-10-5-6-12(9-14(10)17)15(18)8-11-3-2-4-13(16)7-11/h2-7,9,15H,8H2,1H3. The molecule has 0 saturated heterocycles. The fourth-order valence-electron chi connectivity index (χ4n) is 1.79. The Bertz CT molecular complexity index is 549. The lowest BCUT2D eigenvalue weighted by atomic mass is 10.0. The van der Waals surface area contributed by atoms with Gasteiger partial charge in [0.1, 0.15) is 0 Å². The summed E-state index contributed by atoms with van der Waals surface area (Å²) < 4.78 is 2.29. The van der Waals surface area contributed by atoms with Gasteiger partial charge in [-0.1, -0.05) is 72.1 Å². The van der Waals surface area contributed by atoms with Crippen molar-refractivity contribution in [1.29, 1.82) is 0 Å². The average Bonchev–Trinajstić information content (AvgIpc) is 2.32. The predicted molar refractivity (Wildman–Crippen MR) is 88.4 cm³/mol. The first-order chi connectivity index (χ1) is 8.56. The Morgan fingerprint density at radius 3 is 2.50 bits per heavy atom. The van der Waals surface area contributed by atoms with Crippen LogP contribution in [-0.2, 0) is 6.42 Å². The van der Waals surface area contributed by atoms with Gasteiger partial charge in [0.15, 0.2) is 0 Å². The van der Waals surface area contributed by atoms with Crippen LogP contribution in [0.2, 0.25) is 0 Å². The third kappa shape index (κ3) is 3.69. The minimum absolute atomic E-state index is 0.337. The van der Waals surface area contributed by atoms with Crippen molar-refractivity contribution in [1.82, 2.24) is 0 Å². The zero-order valence-electron chi connectivity index (χ0n) is 9.96. The summed E-state index contributed by atoms with van der Waals surface area (Å²) in [5.41, 5.74) is 3.89. The zero-order chi connectivity index (χ0) is 13.1. The molecule has 3 heteroatoms.